The minimum Gasteiger partial charge on any atom is -0.336 e. The van der Waals surface area contributed by atoms with Gasteiger partial charge in [-0.15, -0.1) is 11.3 Å². The van der Waals surface area contributed by atoms with Gasteiger partial charge in [0.05, 0.1) is 17.4 Å². The fourth-order valence-electron chi connectivity index (χ4n) is 3.16. The van der Waals surface area contributed by atoms with Crippen LogP contribution in [0.15, 0.2) is 43.0 Å². The molecule has 1 aliphatic rings. The molecule has 0 aliphatic carbocycles. The average Bonchev–Trinajstić information content (AvgIpc) is 3.23. The van der Waals surface area contributed by atoms with Gasteiger partial charge >= 0.3 is 0 Å². The molecule has 4 nitrogen and oxygen atoms in total. The predicted octanol–water partition coefficient (Wildman–Crippen LogP) is 4.23. The van der Waals surface area contributed by atoms with E-state index in [2.05, 4.69) is 9.55 Å². The lowest BCUT2D eigenvalue weighted by molar-refractivity contribution is 0.0684. The van der Waals surface area contributed by atoms with Crippen LogP contribution in [0.2, 0.25) is 5.02 Å². The summed E-state index contributed by atoms with van der Waals surface area (Å²) in [5.74, 6) is 0.0426. The third-order valence-corrected chi connectivity index (χ3v) is 6.02. The maximum absolute atomic E-state index is 12.9. The number of rotatable bonds is 2. The van der Waals surface area contributed by atoms with Crippen molar-refractivity contribution < 1.29 is 4.79 Å². The van der Waals surface area contributed by atoms with Crippen molar-refractivity contribution in [3.8, 4) is 0 Å². The number of amides is 1. The molecule has 1 amide bonds. The van der Waals surface area contributed by atoms with Crippen molar-refractivity contribution in [3.05, 3.63) is 52.9 Å². The molecule has 0 saturated carbocycles. The van der Waals surface area contributed by atoms with E-state index in [1.807, 2.05) is 41.7 Å². The Hall–Kier alpha value is -1.85. The molecule has 3 aromatic rings. The quantitative estimate of drug-likeness (QED) is 0.697. The van der Waals surface area contributed by atoms with Crippen molar-refractivity contribution in [1.82, 2.24) is 14.5 Å². The predicted molar refractivity (Wildman–Crippen MR) is 93.2 cm³/mol. The van der Waals surface area contributed by atoms with Crippen LogP contribution < -0.4 is 0 Å². The number of hydrogen-bond donors (Lipinski definition) is 0. The second kappa shape index (κ2) is 5.98. The SMILES string of the molecule is O=C(c1sc2ccccc2c1Cl)N1CCCC(n2ccnc2)C1. The van der Waals surface area contributed by atoms with Gasteiger partial charge in [-0.1, -0.05) is 29.8 Å². The number of thiophene rings is 1. The molecule has 1 aromatic carbocycles. The molecule has 4 rings (SSSR count). The smallest absolute Gasteiger partial charge is 0.265 e. The first-order valence-corrected chi connectivity index (χ1v) is 8.87. The van der Waals surface area contributed by atoms with Crippen molar-refractivity contribution in [2.45, 2.75) is 18.9 Å². The first-order chi connectivity index (χ1) is 11.2. The molecule has 2 aromatic heterocycles. The average molecular weight is 346 g/mol. The van der Waals surface area contributed by atoms with Crippen LogP contribution in [-0.2, 0) is 0 Å². The van der Waals surface area contributed by atoms with E-state index in [9.17, 15) is 4.79 Å². The van der Waals surface area contributed by atoms with Gasteiger partial charge in [0.15, 0.2) is 0 Å². The third kappa shape index (κ3) is 2.64. The lowest BCUT2D eigenvalue weighted by atomic mass is 10.1. The minimum absolute atomic E-state index is 0.0426. The highest BCUT2D eigenvalue weighted by Gasteiger charge is 2.28. The molecule has 3 heterocycles. The third-order valence-electron chi connectivity index (χ3n) is 4.36. The normalized spacial score (nSPS) is 18.5. The summed E-state index contributed by atoms with van der Waals surface area (Å²) < 4.78 is 3.15. The van der Waals surface area contributed by atoms with Gasteiger partial charge in [-0.3, -0.25) is 4.79 Å². The first-order valence-electron chi connectivity index (χ1n) is 7.68. The zero-order chi connectivity index (χ0) is 15.8. The standard InChI is InChI=1S/C17H16ClN3OS/c18-15-13-5-1-2-6-14(13)23-16(15)17(22)20-8-3-4-12(10-20)21-9-7-19-11-21/h1-2,5-7,9,11-12H,3-4,8,10H2. The van der Waals surface area contributed by atoms with Crippen LogP contribution in [0.5, 0.6) is 0 Å². The Morgan fingerprint density at radius 3 is 3.00 bits per heavy atom. The molecule has 1 aliphatic heterocycles. The highest BCUT2D eigenvalue weighted by molar-refractivity contribution is 7.21. The topological polar surface area (TPSA) is 38.1 Å². The molecule has 0 spiro atoms. The minimum atomic E-state index is 0.0426. The number of carbonyl (C=O) groups excluding carboxylic acids is 1. The molecular formula is C17H16ClN3OS. The molecule has 1 fully saturated rings. The summed E-state index contributed by atoms with van der Waals surface area (Å²) in [6.07, 6.45) is 7.64. The van der Waals surface area contributed by atoms with Gasteiger partial charge in [0, 0.05) is 35.6 Å². The Morgan fingerprint density at radius 1 is 1.35 bits per heavy atom. The maximum atomic E-state index is 12.9. The lowest BCUT2D eigenvalue weighted by Gasteiger charge is -2.33. The number of carbonyl (C=O) groups is 1. The summed E-state index contributed by atoms with van der Waals surface area (Å²) in [5, 5.41) is 1.55. The van der Waals surface area contributed by atoms with E-state index in [-0.39, 0.29) is 5.91 Å². The van der Waals surface area contributed by atoms with Gasteiger partial charge in [0.1, 0.15) is 4.88 Å². The van der Waals surface area contributed by atoms with E-state index >= 15 is 0 Å². The molecule has 1 atom stereocenters. The fraction of sp³-hybridized carbons (Fsp3) is 0.294. The zero-order valence-electron chi connectivity index (χ0n) is 12.5. The number of piperidine rings is 1. The summed E-state index contributed by atoms with van der Waals surface area (Å²) >= 11 is 7.94. The Balaban J connectivity index is 1.61. The second-order valence-corrected chi connectivity index (χ2v) is 7.23. The molecule has 1 unspecified atom stereocenters. The van der Waals surface area contributed by atoms with Crippen LogP contribution in [0, 0.1) is 0 Å². The molecule has 0 radical (unpaired) electrons. The number of benzene rings is 1. The largest absolute Gasteiger partial charge is 0.336 e. The number of fused-ring (bicyclic) bond motifs is 1. The summed E-state index contributed by atoms with van der Waals surface area (Å²) in [6, 6.07) is 8.19. The van der Waals surface area contributed by atoms with Crippen LogP contribution in [-0.4, -0.2) is 33.4 Å². The van der Waals surface area contributed by atoms with Gasteiger partial charge in [-0.25, -0.2) is 4.98 Å². The maximum Gasteiger partial charge on any atom is 0.265 e. The van der Waals surface area contributed by atoms with E-state index in [1.54, 1.807) is 6.20 Å². The van der Waals surface area contributed by atoms with E-state index in [4.69, 9.17) is 11.6 Å². The Bertz CT molecular complexity index is 843. The molecule has 6 heteroatoms. The van der Waals surface area contributed by atoms with Gasteiger partial charge < -0.3 is 9.47 Å². The number of nitrogens with zero attached hydrogens (tertiary/aromatic N) is 3. The molecule has 0 bridgehead atoms. The Labute approximate surface area is 143 Å². The second-order valence-electron chi connectivity index (χ2n) is 5.80. The Kier molecular flexibility index (Phi) is 3.83. The summed E-state index contributed by atoms with van der Waals surface area (Å²) in [6.45, 7) is 1.49. The number of halogens is 1. The van der Waals surface area contributed by atoms with Crippen molar-refractivity contribution in [1.29, 1.82) is 0 Å². The number of imidazole rings is 1. The molecule has 0 N–H and O–H groups in total. The monoisotopic (exact) mass is 345 g/mol. The highest BCUT2D eigenvalue weighted by atomic mass is 35.5. The van der Waals surface area contributed by atoms with Crippen LogP contribution in [0.4, 0.5) is 0 Å². The van der Waals surface area contributed by atoms with Gasteiger partial charge in [-0.05, 0) is 18.9 Å². The van der Waals surface area contributed by atoms with E-state index in [0.29, 0.717) is 22.5 Å². The molecule has 1 saturated heterocycles. The fourth-order valence-corrected chi connectivity index (χ4v) is 4.64. The van der Waals surface area contributed by atoms with Gasteiger partial charge in [0.2, 0.25) is 0 Å². The van der Waals surface area contributed by atoms with E-state index < -0.39 is 0 Å². The summed E-state index contributed by atoms with van der Waals surface area (Å²) in [7, 11) is 0. The van der Waals surface area contributed by atoms with E-state index in [1.165, 1.54) is 11.3 Å². The zero-order valence-corrected chi connectivity index (χ0v) is 14.1. The van der Waals surface area contributed by atoms with Crippen LogP contribution in [0.3, 0.4) is 0 Å². The van der Waals surface area contributed by atoms with Gasteiger partial charge in [-0.2, -0.15) is 0 Å². The Morgan fingerprint density at radius 2 is 2.22 bits per heavy atom. The van der Waals surface area contributed by atoms with Crippen LogP contribution in [0.1, 0.15) is 28.6 Å². The first kappa shape index (κ1) is 14.7. The van der Waals surface area contributed by atoms with Crippen LogP contribution in [0.25, 0.3) is 10.1 Å². The van der Waals surface area contributed by atoms with Crippen molar-refractivity contribution in [3.63, 3.8) is 0 Å². The summed E-state index contributed by atoms with van der Waals surface area (Å²) in [4.78, 5) is 19.6. The van der Waals surface area contributed by atoms with Gasteiger partial charge in [0.25, 0.3) is 5.91 Å². The summed E-state index contributed by atoms with van der Waals surface area (Å²) in [5.41, 5.74) is 0. The number of hydrogen-bond acceptors (Lipinski definition) is 3. The number of aromatic nitrogens is 2. The molecular weight excluding hydrogens is 330 g/mol. The molecule has 23 heavy (non-hydrogen) atoms. The van der Waals surface area contributed by atoms with Crippen molar-refractivity contribution in [2.75, 3.05) is 13.1 Å². The highest BCUT2D eigenvalue weighted by Crippen LogP contribution is 2.36. The van der Waals surface area contributed by atoms with Crippen molar-refractivity contribution in [2.24, 2.45) is 0 Å². The van der Waals surface area contributed by atoms with Crippen LogP contribution >= 0.6 is 22.9 Å². The van der Waals surface area contributed by atoms with Crippen molar-refractivity contribution >= 4 is 38.9 Å². The molecule has 118 valence electrons. The lowest BCUT2D eigenvalue weighted by Crippen LogP contribution is -2.40. The van der Waals surface area contributed by atoms with E-state index in [0.717, 1.165) is 29.5 Å². The number of likely N-dealkylation sites (tertiary alicyclic amines) is 1.